The number of nitrogens with two attached hydrogens (primary N) is 1. The molecule has 1 heterocycles. The average molecular weight is 188 g/mol. The minimum Gasteiger partial charge on any atom is -0.324 e. The Labute approximate surface area is 82.6 Å². The van der Waals surface area contributed by atoms with Crippen molar-refractivity contribution in [1.82, 2.24) is 4.98 Å². The average Bonchev–Trinajstić information content (AvgIpc) is 2.65. The first kappa shape index (κ1) is 9.09. The van der Waals surface area contributed by atoms with Crippen LogP contribution in [-0.2, 0) is 0 Å². The standard InChI is InChI=1S/C11H12N2O/c12-10-4-3-8(6-10)11(14)9-2-1-5-13-7-9/h1-5,7-8,10H,6,12H2. The second kappa shape index (κ2) is 3.72. The molecule has 2 atom stereocenters. The van der Waals surface area contributed by atoms with Crippen molar-refractivity contribution in [3.8, 4) is 0 Å². The quantitative estimate of drug-likeness (QED) is 0.560. The zero-order valence-electron chi connectivity index (χ0n) is 7.76. The van der Waals surface area contributed by atoms with E-state index in [0.29, 0.717) is 12.0 Å². The molecule has 72 valence electrons. The van der Waals surface area contributed by atoms with Crippen LogP contribution in [0.1, 0.15) is 16.8 Å². The number of allylic oxidation sites excluding steroid dienone is 1. The van der Waals surface area contributed by atoms with E-state index >= 15 is 0 Å². The summed E-state index contributed by atoms with van der Waals surface area (Å²) in [6, 6.07) is 3.58. The Morgan fingerprint density at radius 2 is 2.36 bits per heavy atom. The number of hydrogen-bond acceptors (Lipinski definition) is 3. The molecule has 0 spiro atoms. The molecule has 0 saturated heterocycles. The molecule has 0 radical (unpaired) electrons. The second-order valence-corrected chi connectivity index (χ2v) is 3.50. The van der Waals surface area contributed by atoms with E-state index in [1.807, 2.05) is 12.2 Å². The normalized spacial score (nSPS) is 25.2. The Bertz CT molecular complexity index is 359. The first-order valence-electron chi connectivity index (χ1n) is 4.65. The lowest BCUT2D eigenvalue weighted by atomic mass is 9.98. The van der Waals surface area contributed by atoms with Gasteiger partial charge in [0.2, 0.25) is 0 Å². The number of aromatic nitrogens is 1. The maximum absolute atomic E-state index is 11.8. The van der Waals surface area contributed by atoms with E-state index in [-0.39, 0.29) is 17.7 Å². The summed E-state index contributed by atoms with van der Waals surface area (Å²) in [5.74, 6) is 0.0523. The highest BCUT2D eigenvalue weighted by Crippen LogP contribution is 2.20. The molecule has 0 saturated carbocycles. The van der Waals surface area contributed by atoms with Crippen molar-refractivity contribution in [3.05, 3.63) is 42.2 Å². The Morgan fingerprint density at radius 3 is 2.93 bits per heavy atom. The van der Waals surface area contributed by atoms with Crippen LogP contribution in [-0.4, -0.2) is 16.8 Å². The maximum atomic E-state index is 11.8. The van der Waals surface area contributed by atoms with Crippen LogP contribution in [0.3, 0.4) is 0 Å². The third-order valence-electron chi connectivity index (χ3n) is 2.40. The highest BCUT2D eigenvalue weighted by Gasteiger charge is 2.23. The predicted molar refractivity (Wildman–Crippen MR) is 53.8 cm³/mol. The molecule has 1 aromatic rings. The minimum atomic E-state index is -0.0609. The largest absolute Gasteiger partial charge is 0.324 e. The molecule has 2 N–H and O–H groups in total. The van der Waals surface area contributed by atoms with Gasteiger partial charge in [-0.05, 0) is 18.6 Å². The van der Waals surface area contributed by atoms with Crippen molar-refractivity contribution in [2.75, 3.05) is 0 Å². The molecular formula is C11H12N2O. The van der Waals surface area contributed by atoms with Crippen LogP contribution in [0.5, 0.6) is 0 Å². The number of Topliss-reactive ketones (excluding diaryl/α,β-unsaturated/α-hetero) is 1. The topological polar surface area (TPSA) is 56.0 Å². The summed E-state index contributed by atoms with van der Waals surface area (Å²) in [4.78, 5) is 15.8. The third kappa shape index (κ3) is 1.72. The predicted octanol–water partition coefficient (Wildman–Crippen LogP) is 1.17. The van der Waals surface area contributed by atoms with Gasteiger partial charge in [-0.25, -0.2) is 0 Å². The fourth-order valence-electron chi connectivity index (χ4n) is 1.64. The van der Waals surface area contributed by atoms with Gasteiger partial charge in [0.25, 0.3) is 0 Å². The van der Waals surface area contributed by atoms with Gasteiger partial charge in [0.05, 0.1) is 0 Å². The summed E-state index contributed by atoms with van der Waals surface area (Å²) in [6.07, 6.45) is 7.75. The Morgan fingerprint density at radius 1 is 1.50 bits per heavy atom. The molecule has 0 aromatic carbocycles. The van der Waals surface area contributed by atoms with Crippen molar-refractivity contribution in [2.45, 2.75) is 12.5 Å². The van der Waals surface area contributed by atoms with Gasteiger partial charge in [-0.1, -0.05) is 12.2 Å². The van der Waals surface area contributed by atoms with Crippen molar-refractivity contribution >= 4 is 5.78 Å². The molecule has 1 aliphatic carbocycles. The molecule has 0 bridgehead atoms. The van der Waals surface area contributed by atoms with Gasteiger partial charge in [-0.2, -0.15) is 0 Å². The van der Waals surface area contributed by atoms with Crippen LogP contribution in [0, 0.1) is 5.92 Å². The highest BCUT2D eigenvalue weighted by atomic mass is 16.1. The minimum absolute atomic E-state index is 0.0284. The van der Waals surface area contributed by atoms with E-state index < -0.39 is 0 Å². The summed E-state index contributed by atoms with van der Waals surface area (Å²) in [5.41, 5.74) is 6.35. The maximum Gasteiger partial charge on any atom is 0.171 e. The molecule has 3 heteroatoms. The Kier molecular flexibility index (Phi) is 2.41. The van der Waals surface area contributed by atoms with Crippen LogP contribution in [0.25, 0.3) is 0 Å². The molecule has 2 unspecified atom stereocenters. The molecule has 1 aliphatic rings. The van der Waals surface area contributed by atoms with Crippen LogP contribution in [0.4, 0.5) is 0 Å². The summed E-state index contributed by atoms with van der Waals surface area (Å²) in [5, 5.41) is 0. The lowest BCUT2D eigenvalue weighted by Crippen LogP contribution is -2.19. The molecule has 0 fully saturated rings. The molecular weight excluding hydrogens is 176 g/mol. The second-order valence-electron chi connectivity index (χ2n) is 3.50. The lowest BCUT2D eigenvalue weighted by molar-refractivity contribution is 0.0942. The van der Waals surface area contributed by atoms with Gasteiger partial charge in [0.15, 0.2) is 5.78 Å². The van der Waals surface area contributed by atoms with E-state index in [0.717, 1.165) is 0 Å². The monoisotopic (exact) mass is 188 g/mol. The number of ketones is 1. The molecule has 0 amide bonds. The smallest absolute Gasteiger partial charge is 0.171 e. The molecule has 2 rings (SSSR count). The number of hydrogen-bond donors (Lipinski definition) is 1. The van der Waals surface area contributed by atoms with E-state index in [1.165, 1.54) is 0 Å². The summed E-state index contributed by atoms with van der Waals surface area (Å²) in [6.45, 7) is 0. The van der Waals surface area contributed by atoms with Crippen molar-refractivity contribution in [2.24, 2.45) is 11.7 Å². The first-order valence-corrected chi connectivity index (χ1v) is 4.65. The number of carbonyl (C=O) groups is 1. The zero-order chi connectivity index (χ0) is 9.97. The lowest BCUT2D eigenvalue weighted by Gasteiger charge is -2.07. The van der Waals surface area contributed by atoms with E-state index in [9.17, 15) is 4.79 Å². The first-order chi connectivity index (χ1) is 6.77. The van der Waals surface area contributed by atoms with Crippen molar-refractivity contribution in [1.29, 1.82) is 0 Å². The SMILES string of the molecule is NC1C=CC(C(=O)c2cccnc2)C1. The van der Waals surface area contributed by atoms with Gasteiger partial charge in [-0.3, -0.25) is 9.78 Å². The van der Waals surface area contributed by atoms with Crippen LogP contribution in [0.15, 0.2) is 36.7 Å². The van der Waals surface area contributed by atoms with Crippen molar-refractivity contribution < 1.29 is 4.79 Å². The van der Waals surface area contributed by atoms with Crippen molar-refractivity contribution in [3.63, 3.8) is 0 Å². The van der Waals surface area contributed by atoms with Gasteiger partial charge in [0, 0.05) is 29.9 Å². The van der Waals surface area contributed by atoms with Crippen LogP contribution < -0.4 is 5.73 Å². The van der Waals surface area contributed by atoms with E-state index in [2.05, 4.69) is 4.98 Å². The number of carbonyl (C=O) groups excluding carboxylic acids is 1. The summed E-state index contributed by atoms with van der Waals surface area (Å²) >= 11 is 0. The highest BCUT2D eigenvalue weighted by molar-refractivity contribution is 5.98. The van der Waals surface area contributed by atoms with Gasteiger partial charge < -0.3 is 5.73 Å². The van der Waals surface area contributed by atoms with Gasteiger partial charge >= 0.3 is 0 Å². The number of pyridine rings is 1. The number of nitrogens with zero attached hydrogens (tertiary/aromatic N) is 1. The number of rotatable bonds is 2. The van der Waals surface area contributed by atoms with Crippen LogP contribution >= 0.6 is 0 Å². The van der Waals surface area contributed by atoms with Gasteiger partial charge in [-0.15, -0.1) is 0 Å². The van der Waals surface area contributed by atoms with Gasteiger partial charge in [0.1, 0.15) is 0 Å². The zero-order valence-corrected chi connectivity index (χ0v) is 7.76. The fraction of sp³-hybridized carbons (Fsp3) is 0.273. The van der Waals surface area contributed by atoms with Crippen LogP contribution in [0.2, 0.25) is 0 Å². The summed E-state index contributed by atoms with van der Waals surface area (Å²) < 4.78 is 0. The Balaban J connectivity index is 2.14. The third-order valence-corrected chi connectivity index (χ3v) is 2.40. The Hall–Kier alpha value is -1.48. The summed E-state index contributed by atoms with van der Waals surface area (Å²) in [7, 11) is 0. The van der Waals surface area contributed by atoms with E-state index in [4.69, 9.17) is 5.73 Å². The molecule has 0 aliphatic heterocycles. The fourth-order valence-corrected chi connectivity index (χ4v) is 1.64. The molecule has 14 heavy (non-hydrogen) atoms. The molecule has 1 aromatic heterocycles. The molecule has 3 nitrogen and oxygen atoms in total. The van der Waals surface area contributed by atoms with E-state index in [1.54, 1.807) is 24.5 Å².